The number of ether oxygens (including phenoxy) is 2. The predicted octanol–water partition coefficient (Wildman–Crippen LogP) is 6.85. The molecule has 0 aliphatic carbocycles. The third kappa shape index (κ3) is 5.37. The molecule has 4 rings (SSSR count). The zero-order valence-corrected chi connectivity index (χ0v) is 19.0. The van der Waals surface area contributed by atoms with Gasteiger partial charge in [0.2, 0.25) is 0 Å². The normalized spacial score (nSPS) is 15.8. The zero-order valence-electron chi connectivity index (χ0n) is 18.3. The van der Waals surface area contributed by atoms with Crippen LogP contribution in [0.15, 0.2) is 66.7 Å². The standard InChI is InChI=1S/C27H25ClO5/c1-17(18-5-3-2-4-6-18)7-12-24(29)19-8-10-20(11-9-19)33-26-16-25-22(15-23(26)28)21(27(30)31)13-14-32-25/h2-6,8-11,15-17,21H,7,12-14H2,1H3,(H,30,31)/t17-,21?/m0/s1. The molecule has 1 aliphatic heterocycles. The minimum atomic E-state index is -0.900. The minimum absolute atomic E-state index is 0.0873. The van der Waals surface area contributed by atoms with E-state index in [-0.39, 0.29) is 5.78 Å². The van der Waals surface area contributed by atoms with E-state index in [0.29, 0.717) is 58.8 Å². The maximum atomic E-state index is 12.6. The first kappa shape index (κ1) is 22.9. The van der Waals surface area contributed by atoms with Crippen molar-refractivity contribution in [2.75, 3.05) is 6.61 Å². The summed E-state index contributed by atoms with van der Waals surface area (Å²) in [6.07, 6.45) is 1.65. The summed E-state index contributed by atoms with van der Waals surface area (Å²) >= 11 is 6.36. The van der Waals surface area contributed by atoms with Crippen LogP contribution in [0, 0.1) is 0 Å². The lowest BCUT2D eigenvalue weighted by atomic mass is 9.93. The molecule has 0 radical (unpaired) electrons. The molecule has 0 bridgehead atoms. The second kappa shape index (κ2) is 10.1. The van der Waals surface area contributed by atoms with Crippen molar-refractivity contribution >= 4 is 23.4 Å². The highest BCUT2D eigenvalue weighted by atomic mass is 35.5. The highest BCUT2D eigenvalue weighted by molar-refractivity contribution is 6.32. The van der Waals surface area contributed by atoms with Gasteiger partial charge in [0, 0.05) is 23.6 Å². The first-order chi connectivity index (χ1) is 15.9. The molecule has 1 heterocycles. The van der Waals surface area contributed by atoms with Crippen LogP contribution >= 0.6 is 11.6 Å². The quantitative estimate of drug-likeness (QED) is 0.369. The van der Waals surface area contributed by atoms with Gasteiger partial charge < -0.3 is 14.6 Å². The van der Waals surface area contributed by atoms with Crippen molar-refractivity contribution in [3.05, 3.63) is 88.4 Å². The molecular formula is C27H25ClO5. The number of halogens is 1. The van der Waals surface area contributed by atoms with Gasteiger partial charge in [0.25, 0.3) is 0 Å². The summed E-state index contributed by atoms with van der Waals surface area (Å²) in [5.74, 6) is 0.218. The Morgan fingerprint density at radius 2 is 1.85 bits per heavy atom. The average Bonchev–Trinajstić information content (AvgIpc) is 2.83. The Labute approximate surface area is 197 Å². The Hall–Kier alpha value is -3.31. The van der Waals surface area contributed by atoms with E-state index in [1.165, 1.54) is 5.56 Å². The number of Topliss-reactive ketones (excluding diaryl/α,β-unsaturated/α-hetero) is 1. The summed E-state index contributed by atoms with van der Waals surface area (Å²) in [6, 6.07) is 20.3. The summed E-state index contributed by atoms with van der Waals surface area (Å²) < 4.78 is 11.5. The third-order valence-electron chi connectivity index (χ3n) is 5.98. The first-order valence-corrected chi connectivity index (χ1v) is 11.4. The van der Waals surface area contributed by atoms with Crippen molar-refractivity contribution < 1.29 is 24.2 Å². The van der Waals surface area contributed by atoms with Crippen LogP contribution in [0.3, 0.4) is 0 Å². The zero-order chi connectivity index (χ0) is 23.4. The monoisotopic (exact) mass is 464 g/mol. The Morgan fingerprint density at radius 1 is 1.12 bits per heavy atom. The van der Waals surface area contributed by atoms with E-state index >= 15 is 0 Å². The number of carbonyl (C=O) groups excluding carboxylic acids is 1. The van der Waals surface area contributed by atoms with Crippen molar-refractivity contribution in [1.82, 2.24) is 0 Å². The van der Waals surface area contributed by atoms with Crippen molar-refractivity contribution in [3.8, 4) is 17.2 Å². The number of ketones is 1. The summed E-state index contributed by atoms with van der Waals surface area (Å²) in [6.45, 7) is 2.45. The summed E-state index contributed by atoms with van der Waals surface area (Å²) in [5.41, 5.74) is 2.41. The molecule has 0 saturated carbocycles. The lowest BCUT2D eigenvalue weighted by Gasteiger charge is -2.24. The van der Waals surface area contributed by atoms with Gasteiger partial charge in [-0.05, 0) is 54.7 Å². The number of aliphatic carboxylic acids is 1. The van der Waals surface area contributed by atoms with Crippen LogP contribution in [-0.4, -0.2) is 23.5 Å². The van der Waals surface area contributed by atoms with Crippen molar-refractivity contribution in [1.29, 1.82) is 0 Å². The van der Waals surface area contributed by atoms with Crippen molar-refractivity contribution in [2.45, 2.75) is 38.0 Å². The van der Waals surface area contributed by atoms with Crippen LogP contribution < -0.4 is 9.47 Å². The Bertz CT molecular complexity index is 1140. The van der Waals surface area contributed by atoms with Crippen LogP contribution in [0.25, 0.3) is 0 Å². The van der Waals surface area contributed by atoms with E-state index in [2.05, 4.69) is 19.1 Å². The van der Waals surface area contributed by atoms with Crippen LogP contribution in [-0.2, 0) is 4.79 Å². The lowest BCUT2D eigenvalue weighted by molar-refractivity contribution is -0.139. The number of benzene rings is 3. The fourth-order valence-corrected chi connectivity index (χ4v) is 4.21. The van der Waals surface area contributed by atoms with Gasteiger partial charge in [-0.3, -0.25) is 9.59 Å². The van der Waals surface area contributed by atoms with Gasteiger partial charge in [-0.2, -0.15) is 0 Å². The fourth-order valence-electron chi connectivity index (χ4n) is 4.00. The number of carboxylic acids is 1. The molecule has 5 nitrogen and oxygen atoms in total. The Kier molecular flexibility index (Phi) is 6.99. The van der Waals surface area contributed by atoms with Crippen LogP contribution in [0.1, 0.15) is 59.5 Å². The maximum Gasteiger partial charge on any atom is 0.311 e. The number of rotatable bonds is 8. The number of carbonyl (C=O) groups is 2. The molecule has 0 spiro atoms. The highest BCUT2D eigenvalue weighted by Crippen LogP contribution is 2.41. The number of hydrogen-bond acceptors (Lipinski definition) is 4. The number of fused-ring (bicyclic) bond motifs is 1. The van der Waals surface area contributed by atoms with Gasteiger partial charge in [-0.25, -0.2) is 0 Å². The van der Waals surface area contributed by atoms with E-state index in [0.717, 1.165) is 6.42 Å². The molecule has 2 atom stereocenters. The molecule has 1 unspecified atom stereocenters. The lowest BCUT2D eigenvalue weighted by Crippen LogP contribution is -2.20. The van der Waals surface area contributed by atoms with E-state index < -0.39 is 11.9 Å². The fraction of sp³-hybridized carbons (Fsp3) is 0.259. The second-order valence-electron chi connectivity index (χ2n) is 8.25. The van der Waals surface area contributed by atoms with Crippen LogP contribution in [0.5, 0.6) is 17.2 Å². The smallest absolute Gasteiger partial charge is 0.311 e. The van der Waals surface area contributed by atoms with Gasteiger partial charge in [-0.1, -0.05) is 48.9 Å². The molecule has 0 saturated heterocycles. The van der Waals surface area contributed by atoms with Gasteiger partial charge in [0.05, 0.1) is 17.5 Å². The molecule has 0 amide bonds. The topological polar surface area (TPSA) is 72.8 Å². The molecule has 1 aliphatic rings. The molecule has 1 N–H and O–H groups in total. The Balaban J connectivity index is 1.40. The van der Waals surface area contributed by atoms with Crippen LogP contribution in [0.2, 0.25) is 5.02 Å². The molecular weight excluding hydrogens is 440 g/mol. The Morgan fingerprint density at radius 3 is 2.55 bits per heavy atom. The number of hydrogen-bond donors (Lipinski definition) is 1. The average molecular weight is 465 g/mol. The molecule has 0 fully saturated rings. The van der Waals surface area contributed by atoms with Gasteiger partial charge in [0.15, 0.2) is 5.78 Å². The highest BCUT2D eigenvalue weighted by Gasteiger charge is 2.29. The maximum absolute atomic E-state index is 12.6. The van der Waals surface area contributed by atoms with Gasteiger partial charge in [-0.15, -0.1) is 0 Å². The summed E-state index contributed by atoms with van der Waals surface area (Å²) in [5, 5.41) is 9.73. The molecule has 3 aromatic carbocycles. The SMILES string of the molecule is C[C@@H](CCC(=O)c1ccc(Oc2cc3c(cc2Cl)C(C(=O)O)CCO3)cc1)c1ccccc1. The summed E-state index contributed by atoms with van der Waals surface area (Å²) in [7, 11) is 0. The van der Waals surface area contributed by atoms with E-state index in [4.69, 9.17) is 21.1 Å². The number of carboxylic acid groups (broad SMARTS) is 1. The van der Waals surface area contributed by atoms with E-state index in [9.17, 15) is 14.7 Å². The van der Waals surface area contributed by atoms with Gasteiger partial charge in [0.1, 0.15) is 17.2 Å². The summed E-state index contributed by atoms with van der Waals surface area (Å²) in [4.78, 5) is 24.1. The third-order valence-corrected chi connectivity index (χ3v) is 6.27. The van der Waals surface area contributed by atoms with Crippen molar-refractivity contribution in [3.63, 3.8) is 0 Å². The van der Waals surface area contributed by atoms with E-state index in [1.807, 2.05) is 18.2 Å². The molecule has 0 aromatic heterocycles. The largest absolute Gasteiger partial charge is 0.493 e. The molecule has 170 valence electrons. The first-order valence-electron chi connectivity index (χ1n) is 11.0. The second-order valence-corrected chi connectivity index (χ2v) is 8.66. The van der Waals surface area contributed by atoms with Crippen LogP contribution in [0.4, 0.5) is 0 Å². The predicted molar refractivity (Wildman–Crippen MR) is 127 cm³/mol. The van der Waals surface area contributed by atoms with Gasteiger partial charge >= 0.3 is 5.97 Å². The molecule has 33 heavy (non-hydrogen) atoms. The van der Waals surface area contributed by atoms with E-state index in [1.54, 1.807) is 36.4 Å². The minimum Gasteiger partial charge on any atom is -0.493 e. The molecule has 6 heteroatoms. The molecule has 3 aromatic rings. The van der Waals surface area contributed by atoms with Crippen molar-refractivity contribution in [2.24, 2.45) is 0 Å².